The van der Waals surface area contributed by atoms with Crippen LogP contribution in [0.4, 0.5) is 0 Å². The van der Waals surface area contributed by atoms with Gasteiger partial charge in [0.1, 0.15) is 17.4 Å². The molecule has 3 aromatic rings. The number of hydrogen-bond acceptors (Lipinski definition) is 4. The predicted octanol–water partition coefficient (Wildman–Crippen LogP) is 5.08. The number of amides is 1. The maximum absolute atomic E-state index is 12.9. The first-order chi connectivity index (χ1) is 13.0. The van der Waals surface area contributed by atoms with E-state index in [1.807, 2.05) is 85.6 Å². The summed E-state index contributed by atoms with van der Waals surface area (Å²) in [5.74, 6) is 0.858. The molecule has 0 aliphatic heterocycles. The van der Waals surface area contributed by atoms with E-state index in [9.17, 15) is 4.79 Å². The zero-order valence-electron chi connectivity index (χ0n) is 15.9. The van der Waals surface area contributed by atoms with Crippen molar-refractivity contribution in [3.05, 3.63) is 81.8 Å². The highest BCUT2D eigenvalue weighted by atomic mass is 32.1. The number of aromatic nitrogens is 1. The second-order valence-electron chi connectivity index (χ2n) is 6.73. The molecule has 2 aromatic carbocycles. The van der Waals surface area contributed by atoms with Crippen molar-refractivity contribution in [2.24, 2.45) is 0 Å². The van der Waals surface area contributed by atoms with Gasteiger partial charge in [-0.15, -0.1) is 11.3 Å². The van der Waals surface area contributed by atoms with E-state index in [4.69, 9.17) is 4.74 Å². The molecule has 3 rings (SSSR count). The lowest BCUT2D eigenvalue weighted by molar-refractivity contribution is 0.0688. The molecule has 0 fully saturated rings. The van der Waals surface area contributed by atoms with E-state index >= 15 is 0 Å². The van der Waals surface area contributed by atoms with Gasteiger partial charge in [-0.1, -0.05) is 35.9 Å². The average molecular weight is 381 g/mol. The molecular formula is C22H24N2O2S. The van der Waals surface area contributed by atoms with Gasteiger partial charge in [-0.3, -0.25) is 4.79 Å². The van der Waals surface area contributed by atoms with Crippen LogP contribution in [0.25, 0.3) is 0 Å². The molecule has 0 saturated carbocycles. The third-order valence-electron chi connectivity index (χ3n) is 4.19. The van der Waals surface area contributed by atoms with E-state index in [-0.39, 0.29) is 11.9 Å². The van der Waals surface area contributed by atoms with Crippen molar-refractivity contribution in [1.82, 2.24) is 9.88 Å². The lowest BCUT2D eigenvalue weighted by Crippen LogP contribution is -2.36. The molecule has 5 heteroatoms. The number of thiazole rings is 1. The molecule has 4 nitrogen and oxygen atoms in total. The molecule has 0 unspecified atom stereocenters. The molecular weight excluding hydrogens is 356 g/mol. The van der Waals surface area contributed by atoms with Crippen LogP contribution in [0.1, 0.15) is 40.5 Å². The maximum Gasteiger partial charge on any atom is 0.254 e. The number of para-hydroxylation sites is 1. The van der Waals surface area contributed by atoms with Crippen LogP contribution in [0, 0.1) is 6.92 Å². The molecule has 0 aliphatic rings. The fourth-order valence-corrected chi connectivity index (χ4v) is 3.45. The van der Waals surface area contributed by atoms with Gasteiger partial charge in [-0.05, 0) is 45.0 Å². The Labute approximate surface area is 164 Å². The van der Waals surface area contributed by atoms with Gasteiger partial charge in [0.2, 0.25) is 0 Å². The number of rotatable bonds is 7. The molecule has 0 spiro atoms. The number of ether oxygens (including phenoxy) is 1. The first kappa shape index (κ1) is 19.1. The first-order valence-electron chi connectivity index (χ1n) is 9.01. The van der Waals surface area contributed by atoms with Crippen LogP contribution in [0.3, 0.4) is 0 Å². The first-order valence-corrected chi connectivity index (χ1v) is 9.89. The Morgan fingerprint density at radius 1 is 1.15 bits per heavy atom. The van der Waals surface area contributed by atoms with E-state index in [0.717, 1.165) is 22.0 Å². The van der Waals surface area contributed by atoms with Gasteiger partial charge in [-0.2, -0.15) is 0 Å². The fourth-order valence-electron chi connectivity index (χ4n) is 2.76. The summed E-state index contributed by atoms with van der Waals surface area (Å²) in [6.45, 7) is 6.98. The summed E-state index contributed by atoms with van der Waals surface area (Å²) in [6, 6.07) is 17.5. The minimum Gasteiger partial charge on any atom is -0.486 e. The van der Waals surface area contributed by atoms with Gasteiger partial charge in [0.05, 0.1) is 12.2 Å². The number of benzene rings is 2. The molecule has 0 N–H and O–H groups in total. The summed E-state index contributed by atoms with van der Waals surface area (Å²) < 4.78 is 5.76. The van der Waals surface area contributed by atoms with Gasteiger partial charge in [-0.25, -0.2) is 4.98 Å². The van der Waals surface area contributed by atoms with Crippen LogP contribution in [0.15, 0.2) is 60.0 Å². The Kier molecular flexibility index (Phi) is 6.24. The van der Waals surface area contributed by atoms with Crippen molar-refractivity contribution >= 4 is 17.2 Å². The summed E-state index contributed by atoms with van der Waals surface area (Å²) in [7, 11) is 0. The molecule has 0 bridgehead atoms. The van der Waals surface area contributed by atoms with Crippen molar-refractivity contribution in [3.63, 3.8) is 0 Å². The van der Waals surface area contributed by atoms with Gasteiger partial charge >= 0.3 is 0 Å². The highest BCUT2D eigenvalue weighted by Gasteiger charge is 2.20. The average Bonchev–Trinajstić information content (AvgIpc) is 3.12. The number of hydrogen-bond donors (Lipinski definition) is 0. The van der Waals surface area contributed by atoms with Gasteiger partial charge in [0.15, 0.2) is 0 Å². The topological polar surface area (TPSA) is 42.4 Å². The molecule has 0 radical (unpaired) electrons. The van der Waals surface area contributed by atoms with Crippen molar-refractivity contribution in [3.8, 4) is 5.75 Å². The van der Waals surface area contributed by atoms with E-state index < -0.39 is 0 Å². The maximum atomic E-state index is 12.9. The zero-order valence-corrected chi connectivity index (χ0v) is 16.7. The summed E-state index contributed by atoms with van der Waals surface area (Å²) in [6.07, 6.45) is 0. The van der Waals surface area contributed by atoms with Gasteiger partial charge in [0, 0.05) is 17.0 Å². The van der Waals surface area contributed by atoms with Crippen LogP contribution in [-0.4, -0.2) is 21.8 Å². The smallest absolute Gasteiger partial charge is 0.254 e. The van der Waals surface area contributed by atoms with Crippen LogP contribution in [0.5, 0.6) is 5.75 Å². The Bertz CT molecular complexity index is 890. The fraction of sp³-hybridized carbons (Fsp3) is 0.273. The van der Waals surface area contributed by atoms with Crippen LogP contribution in [-0.2, 0) is 13.2 Å². The summed E-state index contributed by atoms with van der Waals surface area (Å²) >= 11 is 1.56. The molecule has 0 aliphatic carbocycles. The Morgan fingerprint density at radius 3 is 2.63 bits per heavy atom. The largest absolute Gasteiger partial charge is 0.486 e. The highest BCUT2D eigenvalue weighted by molar-refractivity contribution is 7.09. The number of carbonyl (C=O) groups excluding carboxylic acids is 1. The lowest BCUT2D eigenvalue weighted by Gasteiger charge is -2.26. The molecule has 0 saturated heterocycles. The number of nitrogens with zero attached hydrogens (tertiary/aromatic N) is 2. The second kappa shape index (κ2) is 8.82. The quantitative estimate of drug-likeness (QED) is 0.574. The van der Waals surface area contributed by atoms with E-state index in [1.165, 1.54) is 0 Å². The lowest BCUT2D eigenvalue weighted by atomic mass is 10.1. The highest BCUT2D eigenvalue weighted by Crippen LogP contribution is 2.18. The van der Waals surface area contributed by atoms with Gasteiger partial charge < -0.3 is 9.64 Å². The van der Waals surface area contributed by atoms with Crippen molar-refractivity contribution < 1.29 is 9.53 Å². The van der Waals surface area contributed by atoms with E-state index in [0.29, 0.717) is 18.7 Å². The monoisotopic (exact) mass is 380 g/mol. The summed E-state index contributed by atoms with van der Waals surface area (Å²) in [5, 5.41) is 2.91. The molecule has 27 heavy (non-hydrogen) atoms. The molecule has 1 heterocycles. The Balaban J connectivity index is 1.66. The standard InChI is InChI=1S/C22H24N2O2S/c1-16(2)24(22(25)18-9-7-8-17(3)12-18)13-19-15-27-21(23-19)14-26-20-10-5-4-6-11-20/h4-12,15-16H,13-14H2,1-3H3. The molecule has 1 aromatic heterocycles. The van der Waals surface area contributed by atoms with Gasteiger partial charge in [0.25, 0.3) is 5.91 Å². The summed E-state index contributed by atoms with van der Waals surface area (Å²) in [4.78, 5) is 19.4. The molecule has 140 valence electrons. The third kappa shape index (κ3) is 5.17. The minimum absolute atomic E-state index is 0.0313. The van der Waals surface area contributed by atoms with Crippen molar-refractivity contribution in [1.29, 1.82) is 0 Å². The number of carbonyl (C=O) groups is 1. The van der Waals surface area contributed by atoms with E-state index in [2.05, 4.69) is 4.98 Å². The molecule has 1 amide bonds. The summed E-state index contributed by atoms with van der Waals surface area (Å²) in [5.41, 5.74) is 2.69. The predicted molar refractivity (Wildman–Crippen MR) is 109 cm³/mol. The van der Waals surface area contributed by atoms with Crippen molar-refractivity contribution in [2.45, 2.75) is 40.0 Å². The SMILES string of the molecule is Cc1cccc(C(=O)N(Cc2csc(COc3ccccc3)n2)C(C)C)c1. The second-order valence-corrected chi connectivity index (χ2v) is 7.67. The third-order valence-corrected chi connectivity index (χ3v) is 5.06. The zero-order chi connectivity index (χ0) is 19.2. The van der Waals surface area contributed by atoms with Crippen molar-refractivity contribution in [2.75, 3.05) is 0 Å². The Morgan fingerprint density at radius 2 is 1.93 bits per heavy atom. The van der Waals surface area contributed by atoms with Crippen LogP contribution < -0.4 is 4.74 Å². The van der Waals surface area contributed by atoms with Crippen LogP contribution in [0.2, 0.25) is 0 Å². The molecule has 0 atom stereocenters. The van der Waals surface area contributed by atoms with Crippen LogP contribution >= 0.6 is 11.3 Å². The minimum atomic E-state index is 0.0313. The normalized spacial score (nSPS) is 10.8. The van der Waals surface area contributed by atoms with E-state index in [1.54, 1.807) is 11.3 Å². The number of aryl methyl sites for hydroxylation is 1. The Hall–Kier alpha value is -2.66.